The van der Waals surface area contributed by atoms with Gasteiger partial charge in [0.05, 0.1) is 0 Å². The van der Waals surface area contributed by atoms with E-state index in [4.69, 9.17) is 11.5 Å². The van der Waals surface area contributed by atoms with E-state index in [9.17, 15) is 9.59 Å². The van der Waals surface area contributed by atoms with Gasteiger partial charge in [0.25, 0.3) is 0 Å². The summed E-state index contributed by atoms with van der Waals surface area (Å²) in [5.41, 5.74) is 12.0. The molecule has 0 aromatic rings. The van der Waals surface area contributed by atoms with Gasteiger partial charge in [-0.05, 0) is 39.1 Å². The molecule has 0 aliphatic rings. The van der Waals surface area contributed by atoms with Crippen molar-refractivity contribution >= 4 is 11.8 Å². The van der Waals surface area contributed by atoms with Crippen LogP contribution in [0.5, 0.6) is 0 Å². The summed E-state index contributed by atoms with van der Waals surface area (Å²) in [7, 11) is 3.73. The van der Waals surface area contributed by atoms with E-state index < -0.39 is 11.8 Å². The lowest BCUT2D eigenvalue weighted by Crippen LogP contribution is -2.35. The molecule has 0 saturated carbocycles. The molecule has 0 aromatic carbocycles. The Morgan fingerprint density at radius 3 is 2.05 bits per heavy atom. The quantitative estimate of drug-likeness (QED) is 0.525. The van der Waals surface area contributed by atoms with Gasteiger partial charge in [-0.1, -0.05) is 19.6 Å². The Kier molecular flexibility index (Phi) is 6.79. The van der Waals surface area contributed by atoms with Gasteiger partial charge >= 0.3 is 0 Å². The van der Waals surface area contributed by atoms with Gasteiger partial charge in [0.15, 0.2) is 0 Å². The van der Waals surface area contributed by atoms with Gasteiger partial charge in [0.2, 0.25) is 11.8 Å². The summed E-state index contributed by atoms with van der Waals surface area (Å²) < 4.78 is 0. The monoisotopic (exact) mass is 265 g/mol. The maximum Gasteiger partial charge on any atom is 0.246 e. The van der Waals surface area contributed by atoms with Crippen LogP contribution in [0.4, 0.5) is 0 Å². The highest BCUT2D eigenvalue weighted by Crippen LogP contribution is 2.17. The minimum atomic E-state index is -0.548. The van der Waals surface area contributed by atoms with Crippen molar-refractivity contribution in [1.29, 1.82) is 0 Å². The van der Waals surface area contributed by atoms with Crippen LogP contribution >= 0.6 is 0 Å². The first-order valence-corrected chi connectivity index (χ1v) is 6.07. The van der Waals surface area contributed by atoms with Crippen LogP contribution in [0.25, 0.3) is 0 Å². The van der Waals surface area contributed by atoms with E-state index >= 15 is 0 Å². The molecule has 2 amide bonds. The van der Waals surface area contributed by atoms with E-state index in [-0.39, 0.29) is 6.04 Å². The van der Waals surface area contributed by atoms with Gasteiger partial charge < -0.3 is 16.4 Å². The second kappa shape index (κ2) is 7.53. The van der Waals surface area contributed by atoms with Crippen molar-refractivity contribution in [3.8, 4) is 0 Å². The number of amides is 2. The predicted molar refractivity (Wildman–Crippen MR) is 77.1 cm³/mol. The fourth-order valence-corrected chi connectivity index (χ4v) is 1.82. The molecule has 19 heavy (non-hydrogen) atoms. The molecule has 0 fully saturated rings. The highest BCUT2D eigenvalue weighted by Gasteiger charge is 2.20. The molecule has 5 nitrogen and oxygen atoms in total. The Labute approximate surface area is 114 Å². The van der Waals surface area contributed by atoms with Gasteiger partial charge in [-0.2, -0.15) is 0 Å². The molecule has 0 saturated heterocycles. The van der Waals surface area contributed by atoms with Crippen LogP contribution in [0, 0.1) is 0 Å². The Hall–Kier alpha value is -1.88. The maximum atomic E-state index is 11.6. The van der Waals surface area contributed by atoms with E-state index in [1.54, 1.807) is 13.0 Å². The van der Waals surface area contributed by atoms with Crippen LogP contribution in [0.15, 0.2) is 35.5 Å². The lowest BCUT2D eigenvalue weighted by atomic mass is 9.98. The minimum absolute atomic E-state index is 0.117. The second-order valence-corrected chi connectivity index (χ2v) is 4.50. The Morgan fingerprint density at radius 1 is 1.26 bits per heavy atom. The van der Waals surface area contributed by atoms with Gasteiger partial charge in [0.1, 0.15) is 0 Å². The normalized spacial score (nSPS) is 14.9. The van der Waals surface area contributed by atoms with Crippen molar-refractivity contribution in [3.63, 3.8) is 0 Å². The zero-order chi connectivity index (χ0) is 15.2. The van der Waals surface area contributed by atoms with Crippen molar-refractivity contribution in [3.05, 3.63) is 35.5 Å². The Bertz CT molecular complexity index is 434. The molecule has 0 aromatic heterocycles. The van der Waals surface area contributed by atoms with Gasteiger partial charge in [0, 0.05) is 17.2 Å². The third-order valence-electron chi connectivity index (χ3n) is 2.99. The Balaban J connectivity index is 5.82. The molecule has 106 valence electrons. The van der Waals surface area contributed by atoms with Crippen molar-refractivity contribution in [2.45, 2.75) is 26.3 Å². The first-order chi connectivity index (χ1) is 8.76. The molecule has 0 aliphatic heterocycles. The molecule has 4 N–H and O–H groups in total. The van der Waals surface area contributed by atoms with E-state index in [0.717, 1.165) is 6.42 Å². The number of carbonyl (C=O) groups excluding carboxylic acids is 2. The fraction of sp³-hybridized carbons (Fsp3) is 0.429. The molecular weight excluding hydrogens is 242 g/mol. The van der Waals surface area contributed by atoms with Gasteiger partial charge in [-0.15, -0.1) is 0 Å². The minimum Gasteiger partial charge on any atom is -0.366 e. The zero-order valence-corrected chi connectivity index (χ0v) is 12.1. The summed E-state index contributed by atoms with van der Waals surface area (Å²) in [6.07, 6.45) is 3.80. The smallest absolute Gasteiger partial charge is 0.246 e. The summed E-state index contributed by atoms with van der Waals surface area (Å²) in [6, 6.07) is -0.117. The summed E-state index contributed by atoms with van der Waals surface area (Å²) in [5, 5.41) is 0. The van der Waals surface area contributed by atoms with Crippen molar-refractivity contribution in [2.75, 3.05) is 14.1 Å². The SMILES string of the molecule is C=CC(/C=C(\C(N)=O)C(CC)N(C)C)=C(/C)C(N)=O. The number of likely N-dealkylation sites (N-methyl/N-ethyl adjacent to an activating group) is 1. The van der Waals surface area contributed by atoms with Crippen LogP contribution in [0.3, 0.4) is 0 Å². The average Bonchev–Trinajstić information content (AvgIpc) is 2.32. The Morgan fingerprint density at radius 2 is 1.79 bits per heavy atom. The average molecular weight is 265 g/mol. The summed E-state index contributed by atoms with van der Waals surface area (Å²) in [5.74, 6) is -1.06. The molecule has 0 radical (unpaired) electrons. The highest BCUT2D eigenvalue weighted by molar-refractivity contribution is 5.96. The molecule has 0 rings (SSSR count). The summed E-state index contributed by atoms with van der Waals surface area (Å²) in [4.78, 5) is 24.7. The molecule has 0 aliphatic carbocycles. The van der Waals surface area contributed by atoms with E-state index in [2.05, 4.69) is 6.58 Å². The number of hydrogen-bond acceptors (Lipinski definition) is 3. The number of nitrogens with zero attached hydrogens (tertiary/aromatic N) is 1. The first-order valence-electron chi connectivity index (χ1n) is 6.07. The molecule has 1 unspecified atom stereocenters. The second-order valence-electron chi connectivity index (χ2n) is 4.50. The molecule has 5 heteroatoms. The number of primary amides is 2. The van der Waals surface area contributed by atoms with E-state index in [1.165, 1.54) is 6.08 Å². The number of hydrogen-bond donors (Lipinski definition) is 2. The standard InChI is InChI=1S/C14H23N3O2/c1-6-10(9(3)13(15)18)8-11(14(16)19)12(7-2)17(4)5/h6,8,12H,1,7H2,2-5H3,(H2,15,18)(H2,16,19)/b10-9+,11-8-. The number of carbonyl (C=O) groups is 2. The topological polar surface area (TPSA) is 89.4 Å². The van der Waals surface area contributed by atoms with Crippen LogP contribution in [-0.4, -0.2) is 36.9 Å². The molecule has 0 bridgehead atoms. The van der Waals surface area contributed by atoms with Crippen molar-refractivity contribution in [1.82, 2.24) is 4.90 Å². The zero-order valence-electron chi connectivity index (χ0n) is 12.1. The first kappa shape index (κ1) is 17.1. The molecule has 0 heterocycles. The molecule has 0 spiro atoms. The van der Waals surface area contributed by atoms with E-state index in [1.807, 2.05) is 25.9 Å². The summed E-state index contributed by atoms with van der Waals surface area (Å²) in [6.45, 7) is 7.18. The highest BCUT2D eigenvalue weighted by atomic mass is 16.1. The lowest BCUT2D eigenvalue weighted by molar-refractivity contribution is -0.115. The third-order valence-corrected chi connectivity index (χ3v) is 2.99. The predicted octanol–water partition coefficient (Wildman–Crippen LogP) is 0.726. The van der Waals surface area contributed by atoms with Crippen LogP contribution < -0.4 is 11.5 Å². The maximum absolute atomic E-state index is 11.6. The number of rotatable bonds is 7. The number of nitrogens with two attached hydrogens (primary N) is 2. The fourth-order valence-electron chi connectivity index (χ4n) is 1.82. The van der Waals surface area contributed by atoms with Gasteiger partial charge in [-0.25, -0.2) is 0 Å². The van der Waals surface area contributed by atoms with Crippen LogP contribution in [0.1, 0.15) is 20.3 Å². The molecule has 1 atom stereocenters. The molecular formula is C14H23N3O2. The van der Waals surface area contributed by atoms with Crippen LogP contribution in [-0.2, 0) is 9.59 Å². The lowest BCUT2D eigenvalue weighted by Gasteiger charge is -2.24. The van der Waals surface area contributed by atoms with E-state index in [0.29, 0.717) is 16.7 Å². The van der Waals surface area contributed by atoms with Crippen molar-refractivity contribution < 1.29 is 9.59 Å². The van der Waals surface area contributed by atoms with Crippen LogP contribution in [0.2, 0.25) is 0 Å². The van der Waals surface area contributed by atoms with Gasteiger partial charge in [-0.3, -0.25) is 9.59 Å². The largest absolute Gasteiger partial charge is 0.366 e. The number of allylic oxidation sites excluding steroid dienone is 3. The van der Waals surface area contributed by atoms with Crippen molar-refractivity contribution in [2.24, 2.45) is 11.5 Å². The summed E-state index contributed by atoms with van der Waals surface area (Å²) >= 11 is 0. The third kappa shape index (κ3) is 4.71.